The maximum absolute atomic E-state index is 10.0. The number of hydrogen-bond acceptors (Lipinski definition) is 2. The zero-order valence-electron chi connectivity index (χ0n) is 11.0. The van der Waals surface area contributed by atoms with Gasteiger partial charge < -0.3 is 5.11 Å². The van der Waals surface area contributed by atoms with Crippen LogP contribution in [-0.2, 0) is 5.41 Å². The van der Waals surface area contributed by atoms with E-state index in [9.17, 15) is 5.11 Å². The van der Waals surface area contributed by atoms with Gasteiger partial charge in [-0.15, -0.1) is 0 Å². The number of phenolic OH excluding ortho intramolecular Hbond substituents is 1. The molecule has 2 rings (SSSR count). The zero-order chi connectivity index (χ0) is 14.2. The molecule has 2 aromatic rings. The summed E-state index contributed by atoms with van der Waals surface area (Å²) < 4.78 is 0. The van der Waals surface area contributed by atoms with Crippen LogP contribution in [0.4, 0.5) is 0 Å². The molecule has 1 N–H and O–H groups in total. The maximum atomic E-state index is 10.0. The molecule has 0 amide bonds. The van der Waals surface area contributed by atoms with Crippen molar-refractivity contribution in [3.8, 4) is 16.9 Å². The maximum Gasteiger partial charge on any atom is 0.147 e. The first-order valence-electron chi connectivity index (χ1n) is 5.94. The minimum Gasteiger partial charge on any atom is -0.507 e. The number of rotatable bonds is 1. The van der Waals surface area contributed by atoms with Gasteiger partial charge in [0.25, 0.3) is 0 Å². The molecule has 0 aliphatic rings. The number of pyridine rings is 1. The SMILES string of the molecule is CC(C)(C)c1ccc(O)c(-c2cnc(Cl)c(Cl)c2)c1. The highest BCUT2D eigenvalue weighted by Crippen LogP contribution is 2.35. The van der Waals surface area contributed by atoms with Gasteiger partial charge in [0.15, 0.2) is 0 Å². The number of benzene rings is 1. The second-order valence-electron chi connectivity index (χ2n) is 5.48. The van der Waals surface area contributed by atoms with Gasteiger partial charge in [-0.05, 0) is 29.2 Å². The summed E-state index contributed by atoms with van der Waals surface area (Å²) in [5.41, 5.74) is 2.59. The van der Waals surface area contributed by atoms with Crippen molar-refractivity contribution in [3.63, 3.8) is 0 Å². The number of phenols is 1. The average Bonchev–Trinajstić information content (AvgIpc) is 2.32. The Hall–Kier alpha value is -1.25. The third-order valence-electron chi connectivity index (χ3n) is 2.97. The van der Waals surface area contributed by atoms with Crippen molar-refractivity contribution in [2.45, 2.75) is 26.2 Å². The van der Waals surface area contributed by atoms with Gasteiger partial charge >= 0.3 is 0 Å². The molecule has 4 heteroatoms. The molecule has 0 atom stereocenters. The van der Waals surface area contributed by atoms with Crippen LogP contribution in [0.3, 0.4) is 0 Å². The van der Waals surface area contributed by atoms with E-state index in [1.807, 2.05) is 12.1 Å². The van der Waals surface area contributed by atoms with Gasteiger partial charge in [-0.2, -0.15) is 0 Å². The minimum atomic E-state index is 0.00605. The van der Waals surface area contributed by atoms with Gasteiger partial charge in [-0.3, -0.25) is 0 Å². The average molecular weight is 296 g/mol. The number of halogens is 2. The van der Waals surface area contributed by atoms with Crippen LogP contribution in [0.2, 0.25) is 10.2 Å². The number of nitrogens with zero attached hydrogens (tertiary/aromatic N) is 1. The lowest BCUT2D eigenvalue weighted by Gasteiger charge is -2.20. The Balaban J connectivity index is 2.58. The fourth-order valence-electron chi connectivity index (χ4n) is 1.80. The van der Waals surface area contributed by atoms with Crippen LogP contribution in [0.5, 0.6) is 5.75 Å². The highest BCUT2D eigenvalue weighted by molar-refractivity contribution is 6.41. The van der Waals surface area contributed by atoms with Crippen molar-refractivity contribution in [2.24, 2.45) is 0 Å². The number of aromatic nitrogens is 1. The van der Waals surface area contributed by atoms with E-state index >= 15 is 0 Å². The molecule has 0 spiro atoms. The van der Waals surface area contributed by atoms with Crippen LogP contribution in [-0.4, -0.2) is 10.1 Å². The predicted molar refractivity (Wildman–Crippen MR) is 80.1 cm³/mol. The normalized spacial score (nSPS) is 11.6. The van der Waals surface area contributed by atoms with Crippen LogP contribution in [0, 0.1) is 0 Å². The topological polar surface area (TPSA) is 33.1 Å². The van der Waals surface area contributed by atoms with E-state index < -0.39 is 0 Å². The third-order valence-corrected chi connectivity index (χ3v) is 3.66. The molecule has 0 fully saturated rings. The Morgan fingerprint density at radius 1 is 1.11 bits per heavy atom. The standard InChI is InChI=1S/C15H15Cl2NO/c1-15(2,3)10-4-5-13(19)11(7-10)9-6-12(16)14(17)18-8-9/h4-8,19H,1-3H3. The van der Waals surface area contributed by atoms with Crippen molar-refractivity contribution in [1.29, 1.82) is 0 Å². The number of aromatic hydroxyl groups is 1. The lowest BCUT2D eigenvalue weighted by Crippen LogP contribution is -2.10. The predicted octanol–water partition coefficient (Wildman–Crippen LogP) is 5.06. The van der Waals surface area contributed by atoms with E-state index in [1.165, 1.54) is 0 Å². The molecule has 2 nitrogen and oxygen atoms in total. The first-order valence-corrected chi connectivity index (χ1v) is 6.69. The van der Waals surface area contributed by atoms with Gasteiger partial charge in [-0.25, -0.2) is 4.98 Å². The van der Waals surface area contributed by atoms with Gasteiger partial charge in [0.2, 0.25) is 0 Å². The Kier molecular flexibility index (Phi) is 3.75. The van der Waals surface area contributed by atoms with Crippen molar-refractivity contribution in [1.82, 2.24) is 4.98 Å². The molecule has 19 heavy (non-hydrogen) atoms. The van der Waals surface area contributed by atoms with E-state index in [2.05, 4.69) is 25.8 Å². The van der Waals surface area contributed by atoms with Gasteiger partial charge in [0.05, 0.1) is 5.02 Å². The smallest absolute Gasteiger partial charge is 0.147 e. The summed E-state index contributed by atoms with van der Waals surface area (Å²) in [5.74, 6) is 0.202. The molecule has 0 saturated carbocycles. The number of hydrogen-bond donors (Lipinski definition) is 1. The second kappa shape index (κ2) is 5.03. The molecule has 1 aromatic carbocycles. The lowest BCUT2D eigenvalue weighted by molar-refractivity contribution is 0.476. The lowest BCUT2D eigenvalue weighted by atomic mass is 9.85. The molecule has 0 aliphatic carbocycles. The van der Waals surface area contributed by atoms with E-state index in [-0.39, 0.29) is 16.3 Å². The molecular formula is C15H15Cl2NO. The molecule has 0 saturated heterocycles. The van der Waals surface area contributed by atoms with Gasteiger partial charge in [0, 0.05) is 17.3 Å². The minimum absolute atomic E-state index is 0.00605. The first-order chi connectivity index (χ1) is 8.79. The highest BCUT2D eigenvalue weighted by atomic mass is 35.5. The first kappa shape index (κ1) is 14.2. The fourth-order valence-corrected chi connectivity index (χ4v) is 2.07. The molecule has 0 radical (unpaired) electrons. The zero-order valence-corrected chi connectivity index (χ0v) is 12.5. The molecule has 1 aromatic heterocycles. The van der Waals surface area contributed by atoms with Crippen molar-refractivity contribution < 1.29 is 5.11 Å². The Morgan fingerprint density at radius 3 is 2.37 bits per heavy atom. The summed E-state index contributed by atoms with van der Waals surface area (Å²) in [5, 5.41) is 10.6. The van der Waals surface area contributed by atoms with E-state index in [0.717, 1.165) is 11.1 Å². The fraction of sp³-hybridized carbons (Fsp3) is 0.267. The van der Waals surface area contributed by atoms with Crippen molar-refractivity contribution in [3.05, 3.63) is 46.2 Å². The largest absolute Gasteiger partial charge is 0.507 e. The summed E-state index contributed by atoms with van der Waals surface area (Å²) in [6.45, 7) is 6.36. The van der Waals surface area contributed by atoms with Crippen LogP contribution < -0.4 is 0 Å². The monoisotopic (exact) mass is 295 g/mol. The summed E-state index contributed by atoms with van der Waals surface area (Å²) in [6.07, 6.45) is 1.61. The summed E-state index contributed by atoms with van der Waals surface area (Å²) in [6, 6.07) is 7.27. The summed E-state index contributed by atoms with van der Waals surface area (Å²) in [4.78, 5) is 4.01. The van der Waals surface area contributed by atoms with Crippen LogP contribution >= 0.6 is 23.2 Å². The molecule has 100 valence electrons. The molecule has 0 bridgehead atoms. The highest BCUT2D eigenvalue weighted by Gasteiger charge is 2.16. The van der Waals surface area contributed by atoms with Crippen LogP contribution in [0.1, 0.15) is 26.3 Å². The molecule has 0 aliphatic heterocycles. The molecular weight excluding hydrogens is 281 g/mol. The van der Waals surface area contributed by atoms with Crippen LogP contribution in [0.15, 0.2) is 30.5 Å². The second-order valence-corrected chi connectivity index (χ2v) is 6.24. The van der Waals surface area contributed by atoms with Gasteiger partial charge in [0.1, 0.15) is 10.9 Å². The van der Waals surface area contributed by atoms with E-state index in [1.54, 1.807) is 18.3 Å². The molecule has 1 heterocycles. The Morgan fingerprint density at radius 2 is 1.79 bits per heavy atom. The van der Waals surface area contributed by atoms with E-state index in [0.29, 0.717) is 10.6 Å². The van der Waals surface area contributed by atoms with Crippen LogP contribution in [0.25, 0.3) is 11.1 Å². The summed E-state index contributed by atoms with van der Waals surface area (Å²) >= 11 is 11.8. The van der Waals surface area contributed by atoms with E-state index in [4.69, 9.17) is 23.2 Å². The van der Waals surface area contributed by atoms with Gasteiger partial charge in [-0.1, -0.05) is 50.0 Å². The third kappa shape index (κ3) is 3.02. The summed E-state index contributed by atoms with van der Waals surface area (Å²) in [7, 11) is 0. The van der Waals surface area contributed by atoms with Crippen molar-refractivity contribution >= 4 is 23.2 Å². The molecule has 0 unspecified atom stereocenters. The quantitative estimate of drug-likeness (QED) is 0.746. The Bertz CT molecular complexity index is 618. The van der Waals surface area contributed by atoms with Crippen molar-refractivity contribution in [2.75, 3.05) is 0 Å². The Labute approximate surface area is 123 Å².